The number of halogens is 2. The van der Waals surface area contributed by atoms with Gasteiger partial charge in [-0.3, -0.25) is 9.59 Å². The maximum absolute atomic E-state index is 17.1. The van der Waals surface area contributed by atoms with Crippen LogP contribution in [0.25, 0.3) is 0 Å². The van der Waals surface area contributed by atoms with E-state index in [1.165, 1.54) is 19.1 Å². The van der Waals surface area contributed by atoms with Crippen molar-refractivity contribution in [3.05, 3.63) is 23.8 Å². The second-order valence-corrected chi connectivity index (χ2v) is 10.7. The number of alkyl halides is 2. The number of thiocarbonyl (C=S) groups is 1. The predicted molar refractivity (Wildman–Crippen MR) is 115 cm³/mol. The molecule has 0 bridgehead atoms. The van der Waals surface area contributed by atoms with Gasteiger partial charge in [-0.05, 0) is 54.9 Å². The number of ketones is 1. The quantitative estimate of drug-likeness (QED) is 0.339. The zero-order chi connectivity index (χ0) is 23.9. The minimum Gasteiger partial charge on any atom is -0.865 e. The summed E-state index contributed by atoms with van der Waals surface area (Å²) in [6.07, 6.45) is 0.529. The van der Waals surface area contributed by atoms with Crippen LogP contribution in [0.15, 0.2) is 23.8 Å². The molecule has 3 saturated carbocycles. The maximum Gasteiger partial charge on any atom is 1.00 e. The van der Waals surface area contributed by atoms with E-state index in [4.69, 9.17) is 17.0 Å². The zero-order valence-electron chi connectivity index (χ0n) is 19.7. The molecule has 2 unspecified atom stereocenters. The second-order valence-electron chi connectivity index (χ2n) is 10.3. The van der Waals surface area contributed by atoms with Crippen LogP contribution in [-0.2, 0) is 14.3 Å². The molecule has 0 spiro atoms. The van der Waals surface area contributed by atoms with E-state index < -0.39 is 68.9 Å². The van der Waals surface area contributed by atoms with Crippen molar-refractivity contribution < 1.29 is 62.9 Å². The predicted octanol–water partition coefficient (Wildman–Crippen LogP) is -0.0651. The van der Waals surface area contributed by atoms with Crippen LogP contribution in [0, 0.1) is 28.6 Å². The zero-order valence-corrected chi connectivity index (χ0v) is 22.5. The Morgan fingerprint density at radius 3 is 2.55 bits per heavy atom. The van der Waals surface area contributed by atoms with Gasteiger partial charge in [0.05, 0.1) is 6.10 Å². The Bertz CT molecular complexity index is 955. The van der Waals surface area contributed by atoms with Gasteiger partial charge in [0.2, 0.25) is 0 Å². The van der Waals surface area contributed by atoms with E-state index in [1.54, 1.807) is 20.8 Å². The SMILES string of the molecule is CCC(=O)O[C@]1(C([O-])=S)[C@H](C)CC2C3C[C@H](F)C4=CC(=O)C=C[C@]4(C)[C@]3(F)[C@@H](O)C[C@@]21C.[Na+]. The average Bonchev–Trinajstić information content (AvgIpc) is 2.93. The van der Waals surface area contributed by atoms with Gasteiger partial charge in [0.1, 0.15) is 11.8 Å². The molecule has 4 aliphatic carbocycles. The molecule has 0 saturated heterocycles. The third-order valence-corrected chi connectivity index (χ3v) is 9.34. The van der Waals surface area contributed by atoms with Crippen molar-refractivity contribution in [2.45, 2.75) is 76.9 Å². The first-order valence-electron chi connectivity index (χ1n) is 11.2. The number of ether oxygens (including phenoxy) is 1. The first-order valence-corrected chi connectivity index (χ1v) is 11.6. The van der Waals surface area contributed by atoms with Gasteiger partial charge in [0.25, 0.3) is 0 Å². The number of carbonyl (C=O) groups is 2. The summed E-state index contributed by atoms with van der Waals surface area (Å²) < 4.78 is 38.3. The molecule has 176 valence electrons. The van der Waals surface area contributed by atoms with Crippen LogP contribution in [0.4, 0.5) is 8.78 Å². The normalized spacial score (nSPS) is 48.0. The summed E-state index contributed by atoms with van der Waals surface area (Å²) in [5.74, 6) is -3.02. The Kier molecular flexibility index (Phi) is 6.91. The first-order chi connectivity index (χ1) is 14.8. The molecule has 0 aliphatic heterocycles. The largest absolute Gasteiger partial charge is 1.00 e. The van der Waals surface area contributed by atoms with Crippen LogP contribution in [-0.4, -0.2) is 45.5 Å². The van der Waals surface area contributed by atoms with Crippen molar-refractivity contribution >= 4 is 29.0 Å². The molecule has 4 rings (SSSR count). The minimum absolute atomic E-state index is 0. The Labute approximate surface area is 220 Å². The monoisotopic (exact) mass is 490 g/mol. The molecule has 0 aromatic rings. The molecule has 0 heterocycles. The Balaban J connectivity index is 0.00000306. The van der Waals surface area contributed by atoms with E-state index >= 15 is 8.78 Å². The third kappa shape index (κ3) is 3.23. The van der Waals surface area contributed by atoms with Gasteiger partial charge >= 0.3 is 35.5 Å². The Morgan fingerprint density at radius 2 is 1.97 bits per heavy atom. The standard InChI is InChI=1S/C24H30F2O5S.Na/c1-5-19(29)31-24(20(30)32)12(2)8-14-15-10-17(25)16-9-13(27)6-7-21(16,3)23(15,26)18(28)11-22(14,24)4;/h6-7,9,12,14-15,17-18,28H,5,8,10-11H2,1-4H3,(H,30,32);/q;+1/p-1/t12-,14?,15?,17+,18+,21+,22+,23-,24+;/m1./s1. The number of hydrogen-bond acceptors (Lipinski definition) is 6. The van der Waals surface area contributed by atoms with Crippen LogP contribution >= 0.6 is 12.2 Å². The third-order valence-electron chi connectivity index (χ3n) is 9.04. The summed E-state index contributed by atoms with van der Waals surface area (Å²) in [7, 11) is 0. The van der Waals surface area contributed by atoms with Gasteiger partial charge in [0, 0.05) is 29.1 Å². The summed E-state index contributed by atoms with van der Waals surface area (Å²) in [6, 6.07) is 0. The van der Waals surface area contributed by atoms with Crippen molar-refractivity contribution in [1.82, 2.24) is 0 Å². The molecular weight excluding hydrogens is 461 g/mol. The molecule has 0 aromatic heterocycles. The van der Waals surface area contributed by atoms with E-state index in [0.717, 1.165) is 6.08 Å². The van der Waals surface area contributed by atoms with E-state index in [9.17, 15) is 19.8 Å². The molecule has 0 radical (unpaired) electrons. The molecule has 9 atom stereocenters. The van der Waals surface area contributed by atoms with Crippen molar-refractivity contribution in [3.8, 4) is 0 Å². The van der Waals surface area contributed by atoms with E-state index in [-0.39, 0.29) is 54.4 Å². The van der Waals surface area contributed by atoms with Crippen LogP contribution in [0.3, 0.4) is 0 Å². The van der Waals surface area contributed by atoms with E-state index in [2.05, 4.69) is 0 Å². The molecular formula is C24H29F2NaO5S. The molecule has 5 nitrogen and oxygen atoms in total. The van der Waals surface area contributed by atoms with Crippen molar-refractivity contribution in [1.29, 1.82) is 0 Å². The Hall–Kier alpha value is -0.670. The fourth-order valence-electron chi connectivity index (χ4n) is 7.47. The fraction of sp³-hybridized carbons (Fsp3) is 0.708. The molecule has 9 heteroatoms. The summed E-state index contributed by atoms with van der Waals surface area (Å²) in [5, 5.41) is 23.4. The fourth-order valence-corrected chi connectivity index (χ4v) is 7.95. The maximum atomic E-state index is 17.1. The number of esters is 1. The summed E-state index contributed by atoms with van der Waals surface area (Å²) >= 11 is 5.07. The number of carbonyl (C=O) groups excluding carboxylic acids is 2. The molecule has 0 aromatic carbocycles. The van der Waals surface area contributed by atoms with Gasteiger partial charge in [-0.1, -0.05) is 39.1 Å². The summed E-state index contributed by atoms with van der Waals surface area (Å²) in [5.41, 5.74) is -6.56. The molecule has 33 heavy (non-hydrogen) atoms. The van der Waals surface area contributed by atoms with Crippen LogP contribution < -0.4 is 34.7 Å². The van der Waals surface area contributed by atoms with Gasteiger partial charge in [-0.25, -0.2) is 8.78 Å². The average molecular weight is 491 g/mol. The van der Waals surface area contributed by atoms with Gasteiger partial charge in [0.15, 0.2) is 11.5 Å². The van der Waals surface area contributed by atoms with Crippen LogP contribution in [0.5, 0.6) is 0 Å². The van der Waals surface area contributed by atoms with Gasteiger partial charge in [-0.2, -0.15) is 0 Å². The number of rotatable bonds is 3. The minimum atomic E-state index is -2.25. The van der Waals surface area contributed by atoms with Gasteiger partial charge < -0.3 is 14.9 Å². The smallest absolute Gasteiger partial charge is 0.865 e. The Morgan fingerprint density at radius 1 is 1.33 bits per heavy atom. The van der Waals surface area contributed by atoms with Crippen molar-refractivity contribution in [2.75, 3.05) is 0 Å². The molecule has 0 amide bonds. The number of fused-ring (bicyclic) bond motifs is 5. The number of allylic oxidation sites excluding steroid dienone is 4. The number of hydrogen-bond donors (Lipinski definition) is 1. The van der Waals surface area contributed by atoms with Gasteiger partial charge in [-0.15, -0.1) is 0 Å². The van der Waals surface area contributed by atoms with Crippen molar-refractivity contribution in [3.63, 3.8) is 0 Å². The summed E-state index contributed by atoms with van der Waals surface area (Å²) in [6.45, 7) is 6.57. The molecule has 3 fully saturated rings. The van der Waals surface area contributed by atoms with Crippen LogP contribution in [0.1, 0.15) is 53.4 Å². The number of aliphatic hydroxyl groups is 1. The first kappa shape index (κ1) is 26.9. The van der Waals surface area contributed by atoms with Crippen LogP contribution in [0.2, 0.25) is 0 Å². The molecule has 1 N–H and O–H groups in total. The topological polar surface area (TPSA) is 86.7 Å². The number of aliphatic hydroxyl groups excluding tert-OH is 1. The van der Waals surface area contributed by atoms with Crippen molar-refractivity contribution in [2.24, 2.45) is 28.6 Å². The second kappa shape index (κ2) is 8.47. The van der Waals surface area contributed by atoms with E-state index in [1.807, 2.05) is 0 Å². The summed E-state index contributed by atoms with van der Waals surface area (Å²) in [4.78, 5) is 24.2. The van der Waals surface area contributed by atoms with E-state index in [0.29, 0.717) is 6.42 Å². The molecule has 4 aliphatic rings.